The van der Waals surface area contributed by atoms with E-state index in [0.717, 1.165) is 26.1 Å². The maximum Gasteiger partial charge on any atom is 0.352 e. The number of hydrogen-bond acceptors (Lipinski definition) is 2. The van der Waals surface area contributed by atoms with Gasteiger partial charge in [0.25, 0.3) is 0 Å². The average Bonchev–Trinajstić information content (AvgIpc) is 2.59. The molecule has 1 fully saturated rings. The van der Waals surface area contributed by atoms with Gasteiger partial charge in [0.15, 0.2) is 0 Å². The quantitative estimate of drug-likeness (QED) is 0.902. The fourth-order valence-electron chi connectivity index (χ4n) is 2.51. The van der Waals surface area contributed by atoms with E-state index in [1.807, 2.05) is 0 Å². The molecule has 0 aromatic carbocycles. The summed E-state index contributed by atoms with van der Waals surface area (Å²) in [6, 6.07) is 1.51. The Morgan fingerprint density at radius 1 is 1.65 bits per heavy atom. The first-order valence-corrected chi connectivity index (χ1v) is 6.21. The van der Waals surface area contributed by atoms with Crippen molar-refractivity contribution in [1.82, 2.24) is 9.47 Å². The number of likely N-dealkylation sites (tertiary alicyclic amines) is 1. The third kappa shape index (κ3) is 3.01. The van der Waals surface area contributed by atoms with Crippen LogP contribution in [0, 0.1) is 5.92 Å². The normalized spacial score (nSPS) is 21.6. The largest absolute Gasteiger partial charge is 0.477 e. The van der Waals surface area contributed by atoms with Crippen molar-refractivity contribution in [3.05, 3.63) is 23.0 Å². The number of aromatic nitrogens is 1. The fourth-order valence-corrected chi connectivity index (χ4v) is 2.73. The molecule has 1 atom stereocenters. The number of carbonyl (C=O) groups is 1. The summed E-state index contributed by atoms with van der Waals surface area (Å²) >= 11 is 5.86. The molecule has 5 heteroatoms. The highest BCUT2D eigenvalue weighted by Crippen LogP contribution is 2.21. The van der Waals surface area contributed by atoms with Gasteiger partial charge < -0.3 is 14.6 Å². The van der Waals surface area contributed by atoms with Crippen molar-refractivity contribution < 1.29 is 9.90 Å². The maximum absolute atomic E-state index is 11.1. The summed E-state index contributed by atoms with van der Waals surface area (Å²) in [5, 5.41) is 9.56. The Bertz CT molecular complexity index is 417. The van der Waals surface area contributed by atoms with Crippen LogP contribution >= 0.6 is 11.6 Å². The molecule has 17 heavy (non-hydrogen) atoms. The van der Waals surface area contributed by atoms with Crippen molar-refractivity contribution in [2.24, 2.45) is 5.92 Å². The lowest BCUT2D eigenvalue weighted by atomic mass is 9.98. The maximum atomic E-state index is 11.1. The number of aromatic carboxylic acids is 1. The second kappa shape index (κ2) is 5.10. The molecule has 1 aliphatic heterocycles. The van der Waals surface area contributed by atoms with Gasteiger partial charge >= 0.3 is 5.97 Å². The molecule has 0 amide bonds. The molecular weight excluding hydrogens is 240 g/mol. The lowest BCUT2D eigenvalue weighted by Gasteiger charge is -2.30. The van der Waals surface area contributed by atoms with Gasteiger partial charge in [0.1, 0.15) is 5.69 Å². The number of halogens is 1. The van der Waals surface area contributed by atoms with E-state index in [2.05, 4.69) is 11.9 Å². The highest BCUT2D eigenvalue weighted by Gasteiger charge is 2.20. The molecule has 1 unspecified atom stereocenters. The van der Waals surface area contributed by atoms with Crippen LogP contribution in [-0.4, -0.2) is 40.7 Å². The van der Waals surface area contributed by atoms with Crippen molar-refractivity contribution in [3.8, 4) is 0 Å². The fraction of sp³-hybridized carbons (Fsp3) is 0.583. The number of carboxylic acids is 1. The summed E-state index contributed by atoms with van der Waals surface area (Å²) < 4.78 is 1.76. The average molecular weight is 257 g/mol. The first-order valence-electron chi connectivity index (χ1n) is 5.84. The zero-order valence-corrected chi connectivity index (χ0v) is 10.7. The van der Waals surface area contributed by atoms with E-state index in [1.165, 1.54) is 12.5 Å². The summed E-state index contributed by atoms with van der Waals surface area (Å²) in [5.74, 6) is -0.406. The van der Waals surface area contributed by atoms with Crippen molar-refractivity contribution in [1.29, 1.82) is 0 Å². The van der Waals surface area contributed by atoms with E-state index in [4.69, 9.17) is 16.7 Å². The molecule has 0 saturated carbocycles. The Balaban J connectivity index is 2.09. The molecule has 0 aliphatic carbocycles. The van der Waals surface area contributed by atoms with Gasteiger partial charge in [-0.1, -0.05) is 11.6 Å². The van der Waals surface area contributed by atoms with E-state index >= 15 is 0 Å². The molecule has 0 spiro atoms. The van der Waals surface area contributed by atoms with Gasteiger partial charge in [-0.15, -0.1) is 0 Å². The van der Waals surface area contributed by atoms with Gasteiger partial charge in [-0.05, 0) is 38.4 Å². The van der Waals surface area contributed by atoms with Gasteiger partial charge in [0, 0.05) is 19.3 Å². The minimum atomic E-state index is -0.916. The SMILES string of the molecule is CN1CCCC(Cn2cc(Cl)cc2C(=O)O)C1. The Labute approximate surface area is 106 Å². The number of hydrogen-bond donors (Lipinski definition) is 1. The molecule has 0 radical (unpaired) electrons. The first-order chi connectivity index (χ1) is 8.06. The number of carboxylic acid groups (broad SMARTS) is 1. The van der Waals surface area contributed by atoms with Crippen LogP contribution in [0.2, 0.25) is 5.02 Å². The number of nitrogens with zero attached hydrogens (tertiary/aromatic N) is 2. The molecule has 0 bridgehead atoms. The van der Waals surface area contributed by atoms with Crippen LogP contribution in [0.1, 0.15) is 23.3 Å². The molecule has 94 valence electrons. The third-order valence-corrected chi connectivity index (χ3v) is 3.47. The monoisotopic (exact) mass is 256 g/mol. The zero-order chi connectivity index (χ0) is 12.4. The Kier molecular flexibility index (Phi) is 3.74. The molecular formula is C12H17ClN2O2. The van der Waals surface area contributed by atoms with Gasteiger partial charge in [-0.3, -0.25) is 0 Å². The van der Waals surface area contributed by atoms with Gasteiger partial charge in [0.2, 0.25) is 0 Å². The molecule has 2 rings (SSSR count). The highest BCUT2D eigenvalue weighted by molar-refractivity contribution is 6.30. The van der Waals surface area contributed by atoms with Crippen molar-refractivity contribution >= 4 is 17.6 Å². The van der Waals surface area contributed by atoms with E-state index in [-0.39, 0.29) is 5.69 Å². The van der Waals surface area contributed by atoms with Crippen molar-refractivity contribution in [2.75, 3.05) is 20.1 Å². The molecule has 1 N–H and O–H groups in total. The number of rotatable bonds is 3. The summed E-state index contributed by atoms with van der Waals surface area (Å²) in [6.07, 6.45) is 4.04. The predicted octanol–water partition coefficient (Wildman–Crippen LogP) is 2.18. The van der Waals surface area contributed by atoms with Crippen LogP contribution < -0.4 is 0 Å². The van der Waals surface area contributed by atoms with Crippen LogP contribution in [0.25, 0.3) is 0 Å². The molecule has 1 aromatic heterocycles. The molecule has 1 aliphatic rings. The molecule has 1 saturated heterocycles. The van der Waals surface area contributed by atoms with Crippen LogP contribution in [0.4, 0.5) is 0 Å². The van der Waals surface area contributed by atoms with E-state index in [0.29, 0.717) is 10.9 Å². The van der Waals surface area contributed by atoms with Crippen LogP contribution in [0.3, 0.4) is 0 Å². The van der Waals surface area contributed by atoms with E-state index in [9.17, 15) is 4.79 Å². The highest BCUT2D eigenvalue weighted by atomic mass is 35.5. The van der Waals surface area contributed by atoms with Gasteiger partial charge in [-0.25, -0.2) is 4.79 Å². The van der Waals surface area contributed by atoms with Crippen LogP contribution in [0.5, 0.6) is 0 Å². The standard InChI is InChI=1S/C12H17ClN2O2/c1-14-4-2-3-9(6-14)7-15-8-10(13)5-11(15)12(16)17/h5,8-9H,2-4,6-7H2,1H3,(H,16,17). The second-order valence-electron chi connectivity index (χ2n) is 4.77. The van der Waals surface area contributed by atoms with Crippen molar-refractivity contribution in [2.45, 2.75) is 19.4 Å². The van der Waals surface area contributed by atoms with Crippen LogP contribution in [-0.2, 0) is 6.54 Å². The lowest BCUT2D eigenvalue weighted by Crippen LogP contribution is -2.34. The minimum Gasteiger partial charge on any atom is -0.477 e. The number of piperidine rings is 1. The van der Waals surface area contributed by atoms with Gasteiger partial charge in [-0.2, -0.15) is 0 Å². The minimum absolute atomic E-state index is 0.281. The smallest absolute Gasteiger partial charge is 0.352 e. The van der Waals surface area contributed by atoms with E-state index in [1.54, 1.807) is 10.8 Å². The zero-order valence-electron chi connectivity index (χ0n) is 9.90. The Morgan fingerprint density at radius 2 is 2.41 bits per heavy atom. The summed E-state index contributed by atoms with van der Waals surface area (Å²) in [7, 11) is 2.10. The van der Waals surface area contributed by atoms with Gasteiger partial charge in [0.05, 0.1) is 5.02 Å². The lowest BCUT2D eigenvalue weighted by molar-refractivity contribution is 0.0682. The predicted molar refractivity (Wildman–Crippen MR) is 66.6 cm³/mol. The van der Waals surface area contributed by atoms with Crippen molar-refractivity contribution in [3.63, 3.8) is 0 Å². The second-order valence-corrected chi connectivity index (χ2v) is 5.21. The summed E-state index contributed by atoms with van der Waals surface area (Å²) in [6.45, 7) is 2.89. The summed E-state index contributed by atoms with van der Waals surface area (Å²) in [4.78, 5) is 13.3. The Hall–Kier alpha value is -1.00. The Morgan fingerprint density at radius 3 is 3.06 bits per heavy atom. The van der Waals surface area contributed by atoms with Crippen LogP contribution in [0.15, 0.2) is 12.3 Å². The topological polar surface area (TPSA) is 45.5 Å². The molecule has 2 heterocycles. The van der Waals surface area contributed by atoms with E-state index < -0.39 is 5.97 Å². The summed E-state index contributed by atoms with van der Waals surface area (Å²) in [5.41, 5.74) is 0.281. The molecule has 1 aromatic rings. The molecule has 4 nitrogen and oxygen atoms in total. The third-order valence-electron chi connectivity index (χ3n) is 3.26. The first kappa shape index (κ1) is 12.5.